The van der Waals surface area contributed by atoms with Crippen LogP contribution in [-0.2, 0) is 11.2 Å². The van der Waals surface area contributed by atoms with E-state index in [1.807, 2.05) is 24.3 Å². The lowest BCUT2D eigenvalue weighted by Crippen LogP contribution is -2.14. The molecule has 1 rings (SSSR count). The summed E-state index contributed by atoms with van der Waals surface area (Å²) in [6, 6.07) is 7.88. The molecule has 0 bridgehead atoms. The minimum absolute atomic E-state index is 0.521. The molecule has 3 nitrogen and oxygen atoms in total. The minimum atomic E-state index is -0.521. The molecule has 0 aliphatic rings. The Morgan fingerprint density at radius 3 is 3.00 bits per heavy atom. The van der Waals surface area contributed by atoms with Crippen LogP contribution in [0.3, 0.4) is 0 Å². The van der Waals surface area contributed by atoms with Crippen LogP contribution >= 0.6 is 0 Å². The van der Waals surface area contributed by atoms with E-state index in [0.717, 1.165) is 12.0 Å². The smallest absolute Gasteiger partial charge is 0.267 e. The lowest BCUT2D eigenvalue weighted by Gasteiger charge is -1.97. The highest BCUT2D eigenvalue weighted by Gasteiger charge is 1.92. The van der Waals surface area contributed by atoms with Gasteiger partial charge in [-0.3, -0.25) is 10.0 Å². The number of nitrogens with one attached hydrogen (secondary N) is 1. The van der Waals surface area contributed by atoms with Crippen LogP contribution in [-0.4, -0.2) is 11.1 Å². The number of carbonyl (C=O) groups excluding carboxylic acids is 1. The normalized spacial score (nSPS) is 10.4. The molecule has 1 aromatic carbocycles. The fourth-order valence-corrected chi connectivity index (χ4v) is 1.13. The molecule has 0 spiro atoms. The van der Waals surface area contributed by atoms with Crippen molar-refractivity contribution >= 4 is 12.0 Å². The van der Waals surface area contributed by atoms with E-state index in [4.69, 9.17) is 5.21 Å². The van der Waals surface area contributed by atoms with Crippen molar-refractivity contribution in [2.75, 3.05) is 0 Å². The summed E-state index contributed by atoms with van der Waals surface area (Å²) in [7, 11) is 0. The number of carbonyl (C=O) groups is 1. The van der Waals surface area contributed by atoms with Crippen LogP contribution in [0.25, 0.3) is 6.08 Å². The van der Waals surface area contributed by atoms with Gasteiger partial charge in [-0.1, -0.05) is 31.2 Å². The van der Waals surface area contributed by atoms with E-state index >= 15 is 0 Å². The van der Waals surface area contributed by atoms with Crippen molar-refractivity contribution in [3.8, 4) is 0 Å². The summed E-state index contributed by atoms with van der Waals surface area (Å²) in [4.78, 5) is 10.7. The zero-order valence-corrected chi connectivity index (χ0v) is 8.03. The largest absolute Gasteiger partial charge is 0.288 e. The number of aryl methyl sites for hydroxylation is 1. The molecule has 0 aliphatic heterocycles. The molecule has 14 heavy (non-hydrogen) atoms. The molecule has 0 heterocycles. The monoisotopic (exact) mass is 191 g/mol. The first-order valence-corrected chi connectivity index (χ1v) is 4.47. The summed E-state index contributed by atoms with van der Waals surface area (Å²) < 4.78 is 0. The van der Waals surface area contributed by atoms with Gasteiger partial charge in [-0.05, 0) is 23.6 Å². The van der Waals surface area contributed by atoms with Crippen LogP contribution in [0, 0.1) is 0 Å². The minimum Gasteiger partial charge on any atom is -0.288 e. The van der Waals surface area contributed by atoms with Crippen molar-refractivity contribution < 1.29 is 10.0 Å². The average molecular weight is 191 g/mol. The summed E-state index contributed by atoms with van der Waals surface area (Å²) in [6.07, 6.45) is 3.91. The third-order valence-corrected chi connectivity index (χ3v) is 1.90. The molecule has 0 unspecified atom stereocenters. The first kappa shape index (κ1) is 10.5. The molecule has 0 atom stereocenters. The predicted octanol–water partition coefficient (Wildman–Crippen LogP) is 1.77. The van der Waals surface area contributed by atoms with E-state index in [2.05, 4.69) is 6.92 Å². The van der Waals surface area contributed by atoms with Gasteiger partial charge in [-0.25, -0.2) is 5.48 Å². The first-order chi connectivity index (χ1) is 6.76. The topological polar surface area (TPSA) is 49.3 Å². The zero-order valence-electron chi connectivity index (χ0n) is 8.03. The second-order valence-corrected chi connectivity index (χ2v) is 2.91. The van der Waals surface area contributed by atoms with E-state index in [9.17, 15) is 4.79 Å². The van der Waals surface area contributed by atoms with Crippen molar-refractivity contribution in [2.45, 2.75) is 13.3 Å². The van der Waals surface area contributed by atoms with E-state index < -0.39 is 5.91 Å². The van der Waals surface area contributed by atoms with Gasteiger partial charge in [0.2, 0.25) is 0 Å². The van der Waals surface area contributed by atoms with Gasteiger partial charge in [-0.2, -0.15) is 0 Å². The van der Waals surface area contributed by atoms with E-state index in [-0.39, 0.29) is 0 Å². The maximum absolute atomic E-state index is 10.7. The second-order valence-electron chi connectivity index (χ2n) is 2.91. The predicted molar refractivity (Wildman–Crippen MR) is 54.8 cm³/mol. The summed E-state index contributed by atoms with van der Waals surface area (Å²) >= 11 is 0. The van der Waals surface area contributed by atoms with Crippen LogP contribution in [0.5, 0.6) is 0 Å². The third kappa shape index (κ3) is 3.03. The molecule has 0 radical (unpaired) electrons. The fraction of sp³-hybridized carbons (Fsp3) is 0.182. The van der Waals surface area contributed by atoms with Crippen LogP contribution in [0.15, 0.2) is 30.3 Å². The molecule has 1 amide bonds. The van der Waals surface area contributed by atoms with Gasteiger partial charge in [0.25, 0.3) is 5.91 Å². The lowest BCUT2D eigenvalue weighted by atomic mass is 10.1. The molecule has 2 N–H and O–H groups in total. The highest BCUT2D eigenvalue weighted by atomic mass is 16.5. The van der Waals surface area contributed by atoms with Crippen molar-refractivity contribution in [3.63, 3.8) is 0 Å². The number of benzene rings is 1. The highest BCUT2D eigenvalue weighted by Crippen LogP contribution is 2.07. The molecule has 1 aromatic rings. The van der Waals surface area contributed by atoms with Crippen molar-refractivity contribution in [1.82, 2.24) is 5.48 Å². The Bertz CT molecular complexity index is 345. The van der Waals surface area contributed by atoms with Crippen LogP contribution < -0.4 is 5.48 Å². The van der Waals surface area contributed by atoms with Crippen molar-refractivity contribution in [2.24, 2.45) is 0 Å². The highest BCUT2D eigenvalue weighted by molar-refractivity contribution is 5.90. The number of hydroxylamine groups is 1. The number of rotatable bonds is 3. The Morgan fingerprint density at radius 1 is 1.57 bits per heavy atom. The van der Waals surface area contributed by atoms with E-state index in [1.165, 1.54) is 17.1 Å². The standard InChI is InChI=1S/C11H13NO2/c1-2-9-4-3-5-10(8-9)6-7-11(13)12-14/h3-8,14H,2H2,1H3,(H,12,13)/b7-6+. The van der Waals surface area contributed by atoms with Gasteiger partial charge in [0.15, 0.2) is 0 Å². The molecule has 74 valence electrons. The Morgan fingerprint density at radius 2 is 2.36 bits per heavy atom. The maximum Gasteiger partial charge on any atom is 0.267 e. The number of hydrogen-bond donors (Lipinski definition) is 2. The average Bonchev–Trinajstić information content (AvgIpc) is 2.26. The maximum atomic E-state index is 10.7. The zero-order chi connectivity index (χ0) is 10.4. The van der Waals surface area contributed by atoms with Gasteiger partial charge in [0.1, 0.15) is 0 Å². The number of amides is 1. The summed E-state index contributed by atoms with van der Waals surface area (Å²) in [5, 5.41) is 8.26. The van der Waals surface area contributed by atoms with Gasteiger partial charge >= 0.3 is 0 Å². The summed E-state index contributed by atoms with van der Waals surface area (Å²) in [5.74, 6) is -0.521. The SMILES string of the molecule is CCc1cccc(/C=C/C(=O)NO)c1. The molecule has 0 saturated carbocycles. The Kier molecular flexibility index (Phi) is 3.88. The van der Waals surface area contributed by atoms with Gasteiger partial charge < -0.3 is 0 Å². The van der Waals surface area contributed by atoms with E-state index in [0.29, 0.717) is 0 Å². The Balaban J connectivity index is 2.76. The molecule has 0 aliphatic carbocycles. The van der Waals surface area contributed by atoms with Crippen LogP contribution in [0.1, 0.15) is 18.1 Å². The molecule has 0 aromatic heterocycles. The Labute approximate surface area is 83.0 Å². The Hall–Kier alpha value is -1.61. The third-order valence-electron chi connectivity index (χ3n) is 1.90. The molecule has 3 heteroatoms. The second kappa shape index (κ2) is 5.19. The van der Waals surface area contributed by atoms with Crippen molar-refractivity contribution in [1.29, 1.82) is 0 Å². The molecule has 0 saturated heterocycles. The lowest BCUT2D eigenvalue weighted by molar-refractivity contribution is -0.124. The number of hydrogen-bond acceptors (Lipinski definition) is 2. The van der Waals surface area contributed by atoms with E-state index in [1.54, 1.807) is 6.08 Å². The summed E-state index contributed by atoms with van der Waals surface area (Å²) in [6.45, 7) is 2.07. The van der Waals surface area contributed by atoms with Crippen LogP contribution in [0.4, 0.5) is 0 Å². The molecular weight excluding hydrogens is 178 g/mol. The fourth-order valence-electron chi connectivity index (χ4n) is 1.13. The first-order valence-electron chi connectivity index (χ1n) is 4.47. The van der Waals surface area contributed by atoms with Gasteiger partial charge in [-0.15, -0.1) is 0 Å². The van der Waals surface area contributed by atoms with Gasteiger partial charge in [0.05, 0.1) is 0 Å². The molecular formula is C11H13NO2. The van der Waals surface area contributed by atoms with Crippen LogP contribution in [0.2, 0.25) is 0 Å². The summed E-state index contributed by atoms with van der Waals surface area (Å²) in [5.41, 5.74) is 3.71. The van der Waals surface area contributed by atoms with Crippen molar-refractivity contribution in [3.05, 3.63) is 41.5 Å². The molecule has 0 fully saturated rings. The quantitative estimate of drug-likeness (QED) is 0.434. The van der Waals surface area contributed by atoms with Gasteiger partial charge in [0, 0.05) is 6.08 Å².